The number of hydrogen-bond donors (Lipinski definition) is 1. The van der Waals surface area contributed by atoms with Crippen LogP contribution in [0.4, 0.5) is 0 Å². The predicted octanol–water partition coefficient (Wildman–Crippen LogP) is 5.23. The summed E-state index contributed by atoms with van der Waals surface area (Å²) in [5.41, 5.74) is 2.10. The van der Waals surface area contributed by atoms with Crippen molar-refractivity contribution < 1.29 is 14.3 Å². The number of fused-ring (bicyclic) bond motifs is 1. The Morgan fingerprint density at radius 3 is 2.57 bits per heavy atom. The molecule has 2 atom stereocenters. The van der Waals surface area contributed by atoms with Crippen LogP contribution in [-0.4, -0.2) is 42.5 Å². The summed E-state index contributed by atoms with van der Waals surface area (Å²) in [6.07, 6.45) is 5.25. The molecular weight excluding hydrogens is 436 g/mol. The first-order valence-corrected chi connectivity index (χ1v) is 12.8. The van der Waals surface area contributed by atoms with E-state index in [0.29, 0.717) is 31.6 Å². The zero-order valence-electron chi connectivity index (χ0n) is 20.5. The number of likely N-dealkylation sites (tertiary alicyclic amines) is 1. The molecule has 0 radical (unpaired) electrons. The summed E-state index contributed by atoms with van der Waals surface area (Å²) in [5.74, 6) is 1.53. The van der Waals surface area contributed by atoms with Gasteiger partial charge in [-0.1, -0.05) is 60.7 Å². The van der Waals surface area contributed by atoms with E-state index >= 15 is 0 Å². The minimum Gasteiger partial charge on any atom is -0.496 e. The lowest BCUT2D eigenvalue weighted by Crippen LogP contribution is -2.45. The van der Waals surface area contributed by atoms with E-state index in [9.17, 15) is 9.59 Å². The van der Waals surface area contributed by atoms with Gasteiger partial charge in [0, 0.05) is 42.8 Å². The van der Waals surface area contributed by atoms with E-state index in [4.69, 9.17) is 4.74 Å². The SMILES string of the molecule is COc1ccc(C[C@@]2(CCC(=O)N3CCC[C@@H](c4ccccc4)C3)CCC(=O)N2)c2ccccc12. The molecule has 0 spiro atoms. The van der Waals surface area contributed by atoms with E-state index in [0.717, 1.165) is 48.9 Å². The number of ether oxygens (including phenoxy) is 1. The van der Waals surface area contributed by atoms with E-state index < -0.39 is 5.54 Å². The standard InChI is InChI=1S/C30H34N2O3/c1-35-27-14-13-23(25-11-5-6-12-26(25)27)20-30(17-15-28(33)31-30)18-16-29(34)32-19-7-10-24(21-32)22-8-3-2-4-9-22/h2-6,8-9,11-14,24H,7,10,15-21H2,1H3,(H,31,33)/t24-,30+/m1/s1. The van der Waals surface area contributed by atoms with E-state index in [-0.39, 0.29) is 11.8 Å². The Labute approximate surface area is 207 Å². The Morgan fingerprint density at radius 2 is 1.83 bits per heavy atom. The lowest BCUT2D eigenvalue weighted by Gasteiger charge is -2.35. The summed E-state index contributed by atoms with van der Waals surface area (Å²) in [4.78, 5) is 27.7. The molecule has 2 aliphatic heterocycles. The average Bonchev–Trinajstić information content (AvgIpc) is 3.28. The molecule has 5 nitrogen and oxygen atoms in total. The van der Waals surface area contributed by atoms with Crippen molar-refractivity contribution in [1.29, 1.82) is 0 Å². The van der Waals surface area contributed by atoms with E-state index in [1.165, 1.54) is 11.1 Å². The lowest BCUT2D eigenvalue weighted by molar-refractivity contribution is -0.133. The highest BCUT2D eigenvalue weighted by Gasteiger charge is 2.39. The molecule has 0 aromatic heterocycles. The molecule has 35 heavy (non-hydrogen) atoms. The number of nitrogens with zero attached hydrogens (tertiary/aromatic N) is 1. The summed E-state index contributed by atoms with van der Waals surface area (Å²) < 4.78 is 5.56. The van der Waals surface area contributed by atoms with E-state index in [1.54, 1.807) is 7.11 Å². The molecular formula is C30H34N2O3. The average molecular weight is 471 g/mol. The Balaban J connectivity index is 1.31. The van der Waals surface area contributed by atoms with Crippen molar-refractivity contribution >= 4 is 22.6 Å². The van der Waals surface area contributed by atoms with Gasteiger partial charge in [0.2, 0.25) is 11.8 Å². The minimum atomic E-state index is -0.390. The monoisotopic (exact) mass is 470 g/mol. The topological polar surface area (TPSA) is 58.6 Å². The van der Waals surface area contributed by atoms with Crippen LogP contribution in [-0.2, 0) is 16.0 Å². The summed E-state index contributed by atoms with van der Waals surface area (Å²) in [6.45, 7) is 1.61. The smallest absolute Gasteiger partial charge is 0.222 e. The first-order chi connectivity index (χ1) is 17.1. The number of benzene rings is 3. The molecule has 5 heteroatoms. The third-order valence-corrected chi connectivity index (χ3v) is 7.82. The van der Waals surface area contributed by atoms with Crippen molar-refractivity contribution in [3.8, 4) is 5.75 Å². The normalized spacial score (nSPS) is 22.3. The van der Waals surface area contributed by atoms with Gasteiger partial charge in [-0.3, -0.25) is 9.59 Å². The molecule has 2 fully saturated rings. The molecule has 3 aromatic rings. The summed E-state index contributed by atoms with van der Waals surface area (Å²) in [5, 5.41) is 5.47. The molecule has 0 bridgehead atoms. The number of nitrogens with one attached hydrogen (secondary N) is 1. The van der Waals surface area contributed by atoms with Gasteiger partial charge < -0.3 is 15.0 Å². The predicted molar refractivity (Wildman–Crippen MR) is 139 cm³/mol. The third kappa shape index (κ3) is 5.04. The maximum absolute atomic E-state index is 13.3. The highest BCUT2D eigenvalue weighted by Crippen LogP contribution is 2.35. The zero-order valence-corrected chi connectivity index (χ0v) is 20.5. The number of carbonyl (C=O) groups excluding carboxylic acids is 2. The number of methoxy groups -OCH3 is 1. The van der Waals surface area contributed by atoms with Gasteiger partial charge in [0.25, 0.3) is 0 Å². The van der Waals surface area contributed by atoms with Crippen molar-refractivity contribution in [2.24, 2.45) is 0 Å². The number of hydrogen-bond acceptors (Lipinski definition) is 3. The van der Waals surface area contributed by atoms with E-state index in [2.05, 4.69) is 47.8 Å². The third-order valence-electron chi connectivity index (χ3n) is 7.82. The minimum absolute atomic E-state index is 0.0809. The lowest BCUT2D eigenvalue weighted by atomic mass is 9.83. The first kappa shape index (κ1) is 23.4. The van der Waals surface area contributed by atoms with Gasteiger partial charge in [-0.05, 0) is 54.7 Å². The molecule has 182 valence electrons. The Kier molecular flexibility index (Phi) is 6.76. The maximum Gasteiger partial charge on any atom is 0.222 e. The van der Waals surface area contributed by atoms with Gasteiger partial charge in [0.05, 0.1) is 7.11 Å². The van der Waals surface area contributed by atoms with Crippen LogP contribution in [0.1, 0.15) is 55.6 Å². The van der Waals surface area contributed by atoms with Gasteiger partial charge in [-0.25, -0.2) is 0 Å². The van der Waals surface area contributed by atoms with Crippen LogP contribution < -0.4 is 10.1 Å². The Bertz CT molecular complexity index is 1210. The molecule has 2 amide bonds. The van der Waals surface area contributed by atoms with Crippen molar-refractivity contribution in [3.05, 3.63) is 77.9 Å². The highest BCUT2D eigenvalue weighted by atomic mass is 16.5. The quantitative estimate of drug-likeness (QED) is 0.515. The maximum atomic E-state index is 13.3. The molecule has 2 heterocycles. The number of rotatable bonds is 7. The van der Waals surface area contributed by atoms with Gasteiger partial charge in [-0.15, -0.1) is 0 Å². The second kappa shape index (κ2) is 10.1. The molecule has 0 aliphatic carbocycles. The van der Waals surface area contributed by atoms with Crippen LogP contribution in [0.5, 0.6) is 5.75 Å². The van der Waals surface area contributed by atoms with Crippen LogP contribution in [0.15, 0.2) is 66.7 Å². The van der Waals surface area contributed by atoms with Crippen molar-refractivity contribution in [2.75, 3.05) is 20.2 Å². The Hall–Kier alpha value is -3.34. The van der Waals surface area contributed by atoms with Gasteiger partial charge in [0.1, 0.15) is 5.75 Å². The summed E-state index contributed by atoms with van der Waals surface area (Å²) in [7, 11) is 1.69. The second-order valence-corrected chi connectivity index (χ2v) is 10.1. The fraction of sp³-hybridized carbons (Fsp3) is 0.400. The van der Waals surface area contributed by atoms with E-state index in [1.807, 2.05) is 29.2 Å². The fourth-order valence-corrected chi connectivity index (χ4v) is 5.92. The van der Waals surface area contributed by atoms with Crippen LogP contribution in [0, 0.1) is 0 Å². The molecule has 3 aromatic carbocycles. The number of piperidine rings is 1. The molecule has 1 N–H and O–H groups in total. The second-order valence-electron chi connectivity index (χ2n) is 10.1. The highest BCUT2D eigenvalue weighted by molar-refractivity contribution is 5.91. The molecule has 2 saturated heterocycles. The molecule has 2 aliphatic rings. The van der Waals surface area contributed by atoms with Crippen molar-refractivity contribution in [2.45, 2.75) is 56.4 Å². The largest absolute Gasteiger partial charge is 0.496 e. The summed E-state index contributed by atoms with van der Waals surface area (Å²) in [6, 6.07) is 22.9. The number of carbonyl (C=O) groups is 2. The van der Waals surface area contributed by atoms with Gasteiger partial charge >= 0.3 is 0 Å². The van der Waals surface area contributed by atoms with Crippen LogP contribution in [0.25, 0.3) is 10.8 Å². The van der Waals surface area contributed by atoms with Crippen molar-refractivity contribution in [3.63, 3.8) is 0 Å². The Morgan fingerprint density at radius 1 is 1.06 bits per heavy atom. The first-order valence-electron chi connectivity index (χ1n) is 12.8. The number of amides is 2. The molecule has 0 unspecified atom stereocenters. The molecule has 5 rings (SSSR count). The fourth-order valence-electron chi connectivity index (χ4n) is 5.92. The van der Waals surface area contributed by atoms with Gasteiger partial charge in [0.15, 0.2) is 0 Å². The zero-order chi connectivity index (χ0) is 24.3. The van der Waals surface area contributed by atoms with Crippen LogP contribution >= 0.6 is 0 Å². The molecule has 0 saturated carbocycles. The van der Waals surface area contributed by atoms with Gasteiger partial charge in [-0.2, -0.15) is 0 Å². The van der Waals surface area contributed by atoms with Crippen LogP contribution in [0.3, 0.4) is 0 Å². The summed E-state index contributed by atoms with van der Waals surface area (Å²) >= 11 is 0. The van der Waals surface area contributed by atoms with Crippen LogP contribution in [0.2, 0.25) is 0 Å². The van der Waals surface area contributed by atoms with Crippen molar-refractivity contribution in [1.82, 2.24) is 10.2 Å².